The zero-order chi connectivity index (χ0) is 74.2. The van der Waals surface area contributed by atoms with E-state index in [2.05, 4.69) is 52.3 Å². The topological polar surface area (TPSA) is 255 Å². The summed E-state index contributed by atoms with van der Waals surface area (Å²) < 4.78 is 34.8. The Morgan fingerprint density at radius 2 is 0.571 bits per heavy atom. The maximum absolute atomic E-state index is 13.2. The van der Waals surface area contributed by atoms with Gasteiger partial charge in [-0.3, -0.25) is 0 Å². The Morgan fingerprint density at radius 3 is 0.838 bits per heavy atom. The monoisotopic (exact) mass is 1410 g/mol. The fraction of sp³-hybridized carbons (Fsp3) is 0.241. The van der Waals surface area contributed by atoms with Gasteiger partial charge in [0.05, 0.1) is 30.5 Å². The molecular weight excluding hydrogens is 1330 g/mol. The summed E-state index contributed by atoms with van der Waals surface area (Å²) in [4.78, 5) is 73.9. The van der Waals surface area contributed by atoms with Crippen LogP contribution in [-0.4, -0.2) is 113 Å². The molecule has 10 aromatic rings. The molecule has 0 fully saturated rings. The molecule has 105 heavy (non-hydrogen) atoms. The minimum Gasteiger partial charge on any atom is -0.480 e. The number of carbonyl (C=O) groups is 6. The Hall–Kier alpha value is -11.7. The summed E-state index contributed by atoms with van der Waals surface area (Å²) in [6.07, 6.45) is -4.80. The van der Waals surface area contributed by atoms with Crippen molar-refractivity contribution in [2.75, 3.05) is 19.8 Å². The van der Waals surface area contributed by atoms with E-state index >= 15 is 0 Å². The first-order chi connectivity index (χ1) is 50.7. The number of alkyl carbamates (subject to hydrolysis) is 3. The number of carboxylic acid groups (broad SMARTS) is 3. The van der Waals surface area contributed by atoms with Crippen molar-refractivity contribution in [2.45, 2.75) is 114 Å². The Labute approximate surface area is 610 Å². The molecule has 6 N–H and O–H groups in total. The third-order valence-corrected chi connectivity index (χ3v) is 18.9. The van der Waals surface area contributed by atoms with Crippen LogP contribution in [-0.2, 0) is 55.0 Å². The standard InChI is InChI=1S/C38H33NO5.C26H25NO5.C23H27NO5/c1-26(44-38(27-15-5-2-6-16-27,28-17-7-3-8-18-28)29-19-9-4-10-20-29)35(36(40)41)39-37(42)43-25-34-32-23-13-11-21-30(32)31-22-12-14-24-33(31)34;1-17(31-15-18-9-3-2-4-10-18)24(25(28)29)27-26(30)32-16-23-21-13-7-5-11-19(21)20-12-6-8-14-22(20)23;1-14(29-23(2,3)4)20(21(25)26)24-22(27)28-13-19-17-11-7-5-9-15(17)16-10-6-8-12-18(16)19/h2-24,26,34-35H,25H2,1H3,(H,39,42)(H,40,41);2-14,17,23-24H,15-16H2,1H3,(H,27,30)(H,28,29);5-12,14,19-20H,13H2,1-4H3,(H,24,27)(H,25,26)/t26-,35+;17-,24+;14-,20+/m111/s1. The minimum atomic E-state index is -1.39. The van der Waals surface area contributed by atoms with Crippen LogP contribution in [0.4, 0.5) is 14.4 Å². The quantitative estimate of drug-likeness (QED) is 0.0243. The first kappa shape index (κ1) is 74.5. The number of hydrogen-bond donors (Lipinski definition) is 6. The molecule has 0 aliphatic heterocycles. The van der Waals surface area contributed by atoms with Crippen molar-refractivity contribution in [3.63, 3.8) is 0 Å². The van der Waals surface area contributed by atoms with Crippen LogP contribution in [0.5, 0.6) is 0 Å². The number of aliphatic carboxylic acids is 3. The maximum atomic E-state index is 13.2. The van der Waals surface area contributed by atoms with Crippen molar-refractivity contribution < 1.29 is 72.5 Å². The van der Waals surface area contributed by atoms with E-state index in [0.717, 1.165) is 89.0 Å². The van der Waals surface area contributed by atoms with E-state index in [0.29, 0.717) is 0 Å². The molecule has 10 aromatic carbocycles. The number of carbonyl (C=O) groups excluding carboxylic acids is 3. The van der Waals surface area contributed by atoms with Crippen LogP contribution in [0.3, 0.4) is 0 Å². The van der Waals surface area contributed by atoms with Gasteiger partial charge in [-0.05, 0) is 131 Å². The normalized spacial score (nSPS) is 14.3. The molecule has 3 aliphatic rings. The van der Waals surface area contributed by atoms with Gasteiger partial charge in [0.1, 0.15) is 25.4 Å². The summed E-state index contributed by atoms with van der Waals surface area (Å²) >= 11 is 0. The molecule has 18 nitrogen and oxygen atoms in total. The zero-order valence-corrected chi connectivity index (χ0v) is 59.2. The molecule has 6 atom stereocenters. The Kier molecular flexibility index (Phi) is 24.2. The lowest BCUT2D eigenvalue weighted by Crippen LogP contribution is -2.51. The SMILES string of the molecule is C[C@@H](OC(C)(C)C)[C@H](NC(=O)OCC1c2ccccc2-c2ccccc21)C(=O)O.C[C@@H](OC(c1ccccc1)(c1ccccc1)c1ccccc1)[C@H](NC(=O)OCC1c2ccccc2-c2ccccc21)C(=O)O.C[C@@H](OCc1ccccc1)[C@H](NC(=O)OCC1c2ccccc2-c2ccccc21)C(=O)O. The fourth-order valence-corrected chi connectivity index (χ4v) is 14.0. The number of hydrogen-bond acceptors (Lipinski definition) is 12. The summed E-state index contributed by atoms with van der Waals surface area (Å²) in [5, 5.41) is 36.8. The second-order valence-corrected chi connectivity index (χ2v) is 26.9. The van der Waals surface area contributed by atoms with Crippen LogP contribution in [0.15, 0.2) is 267 Å². The number of carboxylic acids is 3. The van der Waals surface area contributed by atoms with E-state index in [9.17, 15) is 44.1 Å². The van der Waals surface area contributed by atoms with E-state index in [1.165, 1.54) is 0 Å². The van der Waals surface area contributed by atoms with Gasteiger partial charge in [0.25, 0.3) is 0 Å². The average molecular weight is 1410 g/mol. The first-order valence-corrected chi connectivity index (χ1v) is 34.9. The van der Waals surface area contributed by atoms with Gasteiger partial charge in [-0.2, -0.15) is 0 Å². The molecule has 0 heterocycles. The molecule has 3 aliphatic carbocycles. The number of nitrogens with one attached hydrogen (secondary N) is 3. The van der Waals surface area contributed by atoms with E-state index in [4.69, 9.17) is 28.4 Å². The molecule has 0 aromatic heterocycles. The molecular formula is C87H85N3O15. The maximum Gasteiger partial charge on any atom is 0.407 e. The van der Waals surface area contributed by atoms with Crippen LogP contribution in [0.2, 0.25) is 0 Å². The van der Waals surface area contributed by atoms with Gasteiger partial charge >= 0.3 is 36.2 Å². The Balaban J connectivity index is 0.000000162. The molecule has 538 valence electrons. The van der Waals surface area contributed by atoms with E-state index in [-0.39, 0.29) is 44.2 Å². The minimum absolute atomic E-state index is 0.0728. The van der Waals surface area contributed by atoms with Crippen molar-refractivity contribution in [3.8, 4) is 33.4 Å². The van der Waals surface area contributed by atoms with Gasteiger partial charge in [0.2, 0.25) is 0 Å². The third-order valence-electron chi connectivity index (χ3n) is 18.9. The molecule has 0 unspecified atom stereocenters. The second kappa shape index (κ2) is 34.1. The van der Waals surface area contributed by atoms with Gasteiger partial charge in [-0.25, -0.2) is 28.8 Å². The summed E-state index contributed by atoms with van der Waals surface area (Å²) in [6, 6.07) is 82.9. The molecule has 0 radical (unpaired) electrons. The molecule has 18 heteroatoms. The zero-order valence-electron chi connectivity index (χ0n) is 59.2. The number of ether oxygens (including phenoxy) is 6. The highest BCUT2D eigenvalue weighted by atomic mass is 16.6. The Morgan fingerprint density at radius 1 is 0.333 bits per heavy atom. The van der Waals surface area contributed by atoms with Crippen LogP contribution < -0.4 is 16.0 Å². The lowest BCUT2D eigenvalue weighted by molar-refractivity contribution is -0.148. The highest BCUT2D eigenvalue weighted by molar-refractivity contribution is 5.84. The van der Waals surface area contributed by atoms with Crippen molar-refractivity contribution in [2.24, 2.45) is 0 Å². The molecule has 0 saturated heterocycles. The van der Waals surface area contributed by atoms with E-state index in [1.807, 2.05) is 251 Å². The van der Waals surface area contributed by atoms with Crippen LogP contribution in [0.25, 0.3) is 33.4 Å². The van der Waals surface area contributed by atoms with Crippen molar-refractivity contribution >= 4 is 36.2 Å². The van der Waals surface area contributed by atoms with Crippen LogP contribution in [0, 0.1) is 0 Å². The summed E-state index contributed by atoms with van der Waals surface area (Å²) in [7, 11) is 0. The molecule has 0 spiro atoms. The lowest BCUT2D eigenvalue weighted by Gasteiger charge is -2.39. The largest absolute Gasteiger partial charge is 0.480 e. The van der Waals surface area contributed by atoms with Gasteiger partial charge < -0.3 is 59.7 Å². The van der Waals surface area contributed by atoms with Crippen molar-refractivity contribution in [3.05, 3.63) is 323 Å². The highest BCUT2D eigenvalue weighted by Gasteiger charge is 2.43. The van der Waals surface area contributed by atoms with Gasteiger partial charge in [0, 0.05) is 17.8 Å². The van der Waals surface area contributed by atoms with Crippen LogP contribution >= 0.6 is 0 Å². The smallest absolute Gasteiger partial charge is 0.407 e. The highest BCUT2D eigenvalue weighted by Crippen LogP contribution is 2.48. The summed E-state index contributed by atoms with van der Waals surface area (Å²) in [5.74, 6) is -3.90. The van der Waals surface area contributed by atoms with E-state index in [1.54, 1.807) is 20.8 Å². The van der Waals surface area contributed by atoms with E-state index < -0.39 is 83.8 Å². The number of amides is 3. The second-order valence-electron chi connectivity index (χ2n) is 26.9. The lowest BCUT2D eigenvalue weighted by atomic mass is 9.79. The fourth-order valence-electron chi connectivity index (χ4n) is 14.0. The van der Waals surface area contributed by atoms with Gasteiger partial charge in [-0.15, -0.1) is 0 Å². The average Bonchev–Trinajstić information content (AvgIpc) is 1.48. The predicted molar refractivity (Wildman–Crippen MR) is 400 cm³/mol. The third kappa shape index (κ3) is 17.7. The van der Waals surface area contributed by atoms with Gasteiger partial charge in [0.15, 0.2) is 18.1 Å². The summed E-state index contributed by atoms with van der Waals surface area (Å²) in [6.45, 7) is 10.9. The number of rotatable bonds is 24. The molecule has 13 rings (SSSR count). The van der Waals surface area contributed by atoms with Crippen molar-refractivity contribution in [1.82, 2.24) is 16.0 Å². The Bertz CT molecular complexity index is 4410. The molecule has 0 saturated carbocycles. The molecule has 3 amide bonds. The molecule has 0 bridgehead atoms. The van der Waals surface area contributed by atoms with Gasteiger partial charge in [-0.1, -0.05) is 267 Å². The van der Waals surface area contributed by atoms with Crippen LogP contribution in [0.1, 0.15) is 115 Å². The first-order valence-electron chi connectivity index (χ1n) is 34.9. The summed E-state index contributed by atoms with van der Waals surface area (Å²) in [5.41, 5.74) is 15.0. The van der Waals surface area contributed by atoms with Crippen molar-refractivity contribution in [1.29, 1.82) is 0 Å². The number of benzene rings is 10. The number of fused-ring (bicyclic) bond motifs is 9. The predicted octanol–water partition coefficient (Wildman–Crippen LogP) is 16.1.